The van der Waals surface area contributed by atoms with E-state index in [2.05, 4.69) is 15.9 Å². The Bertz CT molecular complexity index is 764. The van der Waals surface area contributed by atoms with Crippen molar-refractivity contribution in [2.24, 2.45) is 0 Å². The lowest BCUT2D eigenvalue weighted by Crippen LogP contribution is -2.27. The lowest BCUT2D eigenvalue weighted by atomic mass is 10.2. The van der Waals surface area contributed by atoms with Crippen LogP contribution in [0.15, 0.2) is 21.5 Å². The Labute approximate surface area is 163 Å². The number of esters is 1. The molecule has 2 rings (SSSR count). The van der Waals surface area contributed by atoms with Gasteiger partial charge in [0, 0.05) is 11.0 Å². The topological polar surface area (TPSA) is 82.1 Å². The lowest BCUT2D eigenvalue weighted by molar-refractivity contribution is -0.145. The first-order valence-corrected chi connectivity index (χ1v) is 9.43. The van der Waals surface area contributed by atoms with Gasteiger partial charge < -0.3 is 14.2 Å². The average molecular weight is 444 g/mol. The van der Waals surface area contributed by atoms with E-state index in [4.69, 9.17) is 14.2 Å². The summed E-state index contributed by atoms with van der Waals surface area (Å²) in [5.74, 6) is -0.0660. The third-order valence-corrected chi connectivity index (χ3v) is 5.00. The Morgan fingerprint density at radius 1 is 1.27 bits per heavy atom. The molecule has 0 atom stereocenters. The first-order chi connectivity index (χ1) is 12.4. The van der Waals surface area contributed by atoms with Gasteiger partial charge in [-0.15, -0.1) is 0 Å². The molecule has 9 heteroatoms. The molecule has 0 spiro atoms. The van der Waals surface area contributed by atoms with Crippen molar-refractivity contribution in [1.82, 2.24) is 4.90 Å². The summed E-state index contributed by atoms with van der Waals surface area (Å²) in [5.41, 5.74) is 0.645. The molecule has 140 valence electrons. The number of imide groups is 1. The fourth-order valence-corrected chi connectivity index (χ4v) is 3.52. The molecule has 0 unspecified atom stereocenters. The Hall–Kier alpha value is -2.00. The van der Waals surface area contributed by atoms with Crippen LogP contribution in [0.3, 0.4) is 0 Å². The number of likely N-dealkylation sites (N-methyl/N-ethyl adjacent to an activating group) is 1. The predicted molar refractivity (Wildman–Crippen MR) is 101 cm³/mol. The van der Waals surface area contributed by atoms with E-state index in [0.29, 0.717) is 33.0 Å². The first kappa shape index (κ1) is 20.3. The fraction of sp³-hybridized carbons (Fsp3) is 0.353. The predicted octanol–water partition coefficient (Wildman–Crippen LogP) is 3.46. The van der Waals surface area contributed by atoms with Gasteiger partial charge in [-0.1, -0.05) is 15.9 Å². The van der Waals surface area contributed by atoms with Gasteiger partial charge in [0.2, 0.25) is 0 Å². The number of carbonyl (C=O) groups is 3. The van der Waals surface area contributed by atoms with Crippen LogP contribution in [0, 0.1) is 0 Å². The molecule has 1 saturated heterocycles. The van der Waals surface area contributed by atoms with Gasteiger partial charge in [-0.2, -0.15) is 0 Å². The highest BCUT2D eigenvalue weighted by atomic mass is 79.9. The molecule has 0 radical (unpaired) electrons. The Kier molecular flexibility index (Phi) is 7.10. The van der Waals surface area contributed by atoms with E-state index in [1.54, 1.807) is 32.1 Å². The number of nitrogens with zero attached hydrogens (tertiary/aromatic N) is 1. The second-order valence-electron chi connectivity index (χ2n) is 5.04. The average Bonchev–Trinajstić information content (AvgIpc) is 2.88. The molecular formula is C17H18BrNO6S. The second-order valence-corrected chi connectivity index (χ2v) is 6.89. The highest BCUT2D eigenvalue weighted by Crippen LogP contribution is 2.37. The van der Waals surface area contributed by atoms with Crippen molar-refractivity contribution in [3.8, 4) is 11.5 Å². The minimum atomic E-state index is -0.483. The molecule has 1 aromatic carbocycles. The Morgan fingerprint density at radius 3 is 2.58 bits per heavy atom. The SMILES string of the molecule is CCOC(=O)COc1cc(Br)c(C=C2SC(=O)N(CC)C2=O)cc1OC. The Balaban J connectivity index is 2.26. The number of methoxy groups -OCH3 is 1. The summed E-state index contributed by atoms with van der Waals surface area (Å²) in [4.78, 5) is 37.0. The molecule has 7 nitrogen and oxygen atoms in total. The van der Waals surface area contributed by atoms with Crippen LogP contribution >= 0.6 is 27.7 Å². The van der Waals surface area contributed by atoms with E-state index < -0.39 is 5.97 Å². The zero-order valence-electron chi connectivity index (χ0n) is 14.5. The van der Waals surface area contributed by atoms with Crippen molar-refractivity contribution in [2.75, 3.05) is 26.9 Å². The van der Waals surface area contributed by atoms with Gasteiger partial charge in [-0.05, 0) is 49.4 Å². The number of hydrogen-bond donors (Lipinski definition) is 0. The summed E-state index contributed by atoms with van der Waals surface area (Å²) in [7, 11) is 1.47. The molecule has 0 aliphatic carbocycles. The maximum Gasteiger partial charge on any atom is 0.344 e. The summed E-state index contributed by atoms with van der Waals surface area (Å²) < 4.78 is 16.2. The summed E-state index contributed by atoms with van der Waals surface area (Å²) in [6.45, 7) is 3.81. The van der Waals surface area contributed by atoms with Crippen LogP contribution in [-0.2, 0) is 14.3 Å². The number of carbonyl (C=O) groups excluding carboxylic acids is 3. The van der Waals surface area contributed by atoms with E-state index in [1.807, 2.05) is 0 Å². The molecule has 1 aliphatic heterocycles. The lowest BCUT2D eigenvalue weighted by Gasteiger charge is -2.12. The van der Waals surface area contributed by atoms with E-state index >= 15 is 0 Å². The van der Waals surface area contributed by atoms with Gasteiger partial charge in [0.05, 0.1) is 18.6 Å². The third-order valence-electron chi connectivity index (χ3n) is 3.41. The standard InChI is InChI=1S/C17H18BrNO6S/c1-4-19-16(21)14(26-17(19)22)7-10-6-12(23-3)13(8-11(10)18)25-9-15(20)24-5-2/h6-8H,4-5,9H2,1-3H3. The van der Waals surface area contributed by atoms with Crippen molar-refractivity contribution in [1.29, 1.82) is 0 Å². The van der Waals surface area contributed by atoms with Gasteiger partial charge in [0.15, 0.2) is 18.1 Å². The Morgan fingerprint density at radius 2 is 2.00 bits per heavy atom. The molecular weight excluding hydrogens is 426 g/mol. The molecule has 0 N–H and O–H groups in total. The van der Waals surface area contributed by atoms with Crippen LogP contribution in [-0.4, -0.2) is 48.9 Å². The monoisotopic (exact) mass is 443 g/mol. The van der Waals surface area contributed by atoms with E-state index in [0.717, 1.165) is 11.8 Å². The van der Waals surface area contributed by atoms with Crippen LogP contribution in [0.2, 0.25) is 0 Å². The zero-order valence-corrected chi connectivity index (χ0v) is 16.9. The van der Waals surface area contributed by atoms with Crippen LogP contribution in [0.25, 0.3) is 6.08 Å². The highest BCUT2D eigenvalue weighted by Gasteiger charge is 2.33. The summed E-state index contributed by atoms with van der Waals surface area (Å²) in [6.07, 6.45) is 1.61. The van der Waals surface area contributed by atoms with Crippen molar-refractivity contribution in [3.05, 3.63) is 27.1 Å². The van der Waals surface area contributed by atoms with E-state index in [1.165, 1.54) is 12.0 Å². The van der Waals surface area contributed by atoms with Crippen LogP contribution in [0.4, 0.5) is 4.79 Å². The molecule has 1 fully saturated rings. The third kappa shape index (κ3) is 4.59. The van der Waals surface area contributed by atoms with Gasteiger partial charge >= 0.3 is 5.97 Å². The smallest absolute Gasteiger partial charge is 0.344 e. The van der Waals surface area contributed by atoms with Crippen LogP contribution in [0.5, 0.6) is 11.5 Å². The quantitative estimate of drug-likeness (QED) is 0.471. The van der Waals surface area contributed by atoms with Crippen molar-refractivity contribution in [3.63, 3.8) is 0 Å². The molecule has 1 heterocycles. The van der Waals surface area contributed by atoms with E-state index in [-0.39, 0.29) is 24.4 Å². The number of halogens is 1. The summed E-state index contributed by atoms with van der Waals surface area (Å²) >= 11 is 4.30. The molecule has 26 heavy (non-hydrogen) atoms. The molecule has 0 saturated carbocycles. The molecule has 0 bridgehead atoms. The number of amides is 2. The first-order valence-electron chi connectivity index (χ1n) is 7.82. The van der Waals surface area contributed by atoms with Crippen LogP contribution in [0.1, 0.15) is 19.4 Å². The molecule has 1 aromatic rings. The van der Waals surface area contributed by atoms with Crippen LogP contribution < -0.4 is 9.47 Å². The molecule has 2 amide bonds. The highest BCUT2D eigenvalue weighted by molar-refractivity contribution is 9.10. The second kappa shape index (κ2) is 9.09. The van der Waals surface area contributed by atoms with Gasteiger partial charge in [-0.25, -0.2) is 4.79 Å². The zero-order chi connectivity index (χ0) is 19.3. The summed E-state index contributed by atoms with van der Waals surface area (Å²) in [5, 5.41) is -0.291. The number of hydrogen-bond acceptors (Lipinski definition) is 7. The van der Waals surface area contributed by atoms with E-state index in [9.17, 15) is 14.4 Å². The van der Waals surface area contributed by atoms with Crippen molar-refractivity contribution in [2.45, 2.75) is 13.8 Å². The van der Waals surface area contributed by atoms with Gasteiger partial charge in [0.25, 0.3) is 11.1 Å². The maximum atomic E-state index is 12.2. The van der Waals surface area contributed by atoms with Gasteiger partial charge in [-0.3, -0.25) is 14.5 Å². The number of rotatable bonds is 7. The normalized spacial score (nSPS) is 15.5. The minimum absolute atomic E-state index is 0.245. The summed E-state index contributed by atoms with van der Waals surface area (Å²) in [6, 6.07) is 3.29. The molecule has 0 aromatic heterocycles. The van der Waals surface area contributed by atoms with Gasteiger partial charge in [0.1, 0.15) is 0 Å². The minimum Gasteiger partial charge on any atom is -0.493 e. The number of thioether (sulfide) groups is 1. The van der Waals surface area contributed by atoms with Crippen molar-refractivity contribution >= 4 is 50.9 Å². The number of ether oxygens (including phenoxy) is 3. The molecule has 1 aliphatic rings. The fourth-order valence-electron chi connectivity index (χ4n) is 2.19. The largest absolute Gasteiger partial charge is 0.493 e. The van der Waals surface area contributed by atoms with Crippen molar-refractivity contribution < 1.29 is 28.6 Å². The maximum absolute atomic E-state index is 12.2. The number of benzene rings is 1.